The van der Waals surface area contributed by atoms with E-state index in [9.17, 15) is 0 Å². The number of benzene rings is 9. The van der Waals surface area contributed by atoms with Crippen molar-refractivity contribution >= 4 is 49.4 Å². The number of fused-ring (bicyclic) bond motifs is 6. The van der Waals surface area contributed by atoms with E-state index in [-0.39, 0.29) is 5.41 Å². The van der Waals surface area contributed by atoms with Gasteiger partial charge in [-0.05, 0) is 125 Å². The van der Waals surface area contributed by atoms with Gasteiger partial charge in [0.2, 0.25) is 0 Å². The normalized spacial score (nSPS) is 13.3. The molecule has 10 rings (SSSR count). The summed E-state index contributed by atoms with van der Waals surface area (Å²) in [5.41, 5.74) is 13.6. The minimum Gasteiger partial charge on any atom is -0.310 e. The zero-order chi connectivity index (χ0) is 34.8. The monoisotopic (exact) mass is 663 g/mol. The van der Waals surface area contributed by atoms with E-state index in [4.69, 9.17) is 0 Å². The van der Waals surface area contributed by atoms with Gasteiger partial charge in [0, 0.05) is 11.1 Å². The number of hydrogen-bond donors (Lipinski definition) is 0. The minimum atomic E-state index is -0.119. The van der Waals surface area contributed by atoms with Gasteiger partial charge in [-0.3, -0.25) is 0 Å². The van der Waals surface area contributed by atoms with Gasteiger partial charge >= 0.3 is 0 Å². The Morgan fingerprint density at radius 2 is 0.865 bits per heavy atom. The van der Waals surface area contributed by atoms with E-state index in [2.05, 4.69) is 207 Å². The first kappa shape index (κ1) is 30.4. The Bertz CT molecular complexity index is 2810. The van der Waals surface area contributed by atoms with Crippen molar-refractivity contribution in [3.05, 3.63) is 199 Å². The second kappa shape index (κ2) is 11.8. The van der Waals surface area contributed by atoms with Gasteiger partial charge < -0.3 is 4.90 Å². The van der Waals surface area contributed by atoms with Gasteiger partial charge in [-0.15, -0.1) is 0 Å². The molecule has 0 aromatic heterocycles. The van der Waals surface area contributed by atoms with Crippen LogP contribution in [0.2, 0.25) is 0 Å². The maximum atomic E-state index is 2.43. The minimum absolute atomic E-state index is 0.119. The Morgan fingerprint density at radius 3 is 1.58 bits per heavy atom. The smallest absolute Gasteiger partial charge is 0.0508 e. The van der Waals surface area contributed by atoms with Crippen LogP contribution in [0, 0.1) is 0 Å². The zero-order valence-electron chi connectivity index (χ0n) is 29.3. The van der Waals surface area contributed by atoms with Crippen molar-refractivity contribution in [2.24, 2.45) is 0 Å². The molecule has 1 nitrogen and oxygen atoms in total. The molecule has 0 spiro atoms. The summed E-state index contributed by atoms with van der Waals surface area (Å²) in [6.45, 7) is 4.70. The van der Waals surface area contributed by atoms with E-state index in [1.807, 2.05) is 0 Å². The summed E-state index contributed by atoms with van der Waals surface area (Å²) in [5, 5.41) is 7.55. The van der Waals surface area contributed by atoms with E-state index in [0.29, 0.717) is 0 Å². The Balaban J connectivity index is 1.07. The van der Waals surface area contributed by atoms with E-state index in [1.54, 1.807) is 0 Å². The van der Waals surface area contributed by atoms with E-state index >= 15 is 0 Å². The lowest BCUT2D eigenvalue weighted by atomic mass is 9.73. The second-order valence-electron chi connectivity index (χ2n) is 14.6. The van der Waals surface area contributed by atoms with Gasteiger partial charge in [-0.1, -0.05) is 153 Å². The molecule has 246 valence electrons. The van der Waals surface area contributed by atoms with Crippen LogP contribution in [0.25, 0.3) is 65.7 Å². The van der Waals surface area contributed by atoms with Crippen LogP contribution in [0.5, 0.6) is 0 Å². The highest BCUT2D eigenvalue weighted by molar-refractivity contribution is 6.10. The largest absolute Gasteiger partial charge is 0.310 e. The Labute approximate surface area is 305 Å². The van der Waals surface area contributed by atoms with Crippen molar-refractivity contribution in [2.45, 2.75) is 19.3 Å². The highest BCUT2D eigenvalue weighted by atomic mass is 15.2. The van der Waals surface area contributed by atoms with Gasteiger partial charge in [0.25, 0.3) is 0 Å². The molecule has 0 bridgehead atoms. The summed E-state index contributed by atoms with van der Waals surface area (Å²) in [6.07, 6.45) is 0. The molecule has 0 radical (unpaired) electrons. The lowest BCUT2D eigenvalue weighted by molar-refractivity contribution is 0.632. The summed E-state index contributed by atoms with van der Waals surface area (Å²) >= 11 is 0. The van der Waals surface area contributed by atoms with E-state index in [1.165, 1.54) is 93.9 Å². The molecular formula is C51H37N. The molecular weight excluding hydrogens is 627 g/mol. The third-order valence-corrected chi connectivity index (χ3v) is 11.2. The number of anilines is 3. The predicted molar refractivity (Wildman–Crippen MR) is 222 cm³/mol. The average molecular weight is 664 g/mol. The van der Waals surface area contributed by atoms with Crippen molar-refractivity contribution in [3.63, 3.8) is 0 Å². The molecule has 0 amide bonds. The van der Waals surface area contributed by atoms with Crippen LogP contribution in [0.1, 0.15) is 25.0 Å². The third-order valence-electron chi connectivity index (χ3n) is 11.2. The van der Waals surface area contributed by atoms with Crippen molar-refractivity contribution in [3.8, 4) is 33.4 Å². The second-order valence-corrected chi connectivity index (χ2v) is 14.6. The molecule has 0 fully saturated rings. The molecule has 0 atom stereocenters. The number of para-hydroxylation sites is 2. The lowest BCUT2D eigenvalue weighted by Crippen LogP contribution is -2.30. The standard InChI is InChI=1S/C51H37N/c1-51(2)47-19-11-12-20-49(47)52(42-17-7-4-8-18-42)50-33-38(25-28-48(50)51)37-23-26-43-39(29-37)21-22-40-30-41(24-27-44(40)43)46-32-36-16-10-9-15-35(36)31-45(46)34-13-5-3-6-14-34/h3-33H,1-2H3. The topological polar surface area (TPSA) is 3.24 Å². The fourth-order valence-corrected chi connectivity index (χ4v) is 8.51. The molecule has 0 saturated carbocycles. The highest BCUT2D eigenvalue weighted by Crippen LogP contribution is 2.52. The number of hydrogen-bond acceptors (Lipinski definition) is 1. The van der Waals surface area contributed by atoms with Crippen LogP contribution in [0.3, 0.4) is 0 Å². The molecule has 1 aliphatic heterocycles. The fraction of sp³-hybridized carbons (Fsp3) is 0.0588. The van der Waals surface area contributed by atoms with E-state index < -0.39 is 0 Å². The van der Waals surface area contributed by atoms with Crippen LogP contribution in [0.4, 0.5) is 17.1 Å². The van der Waals surface area contributed by atoms with Gasteiger partial charge in [0.15, 0.2) is 0 Å². The SMILES string of the molecule is CC1(C)c2ccccc2N(c2ccccc2)c2cc(-c3ccc4c(ccc5cc(-c6cc7ccccc7cc6-c6ccccc6)ccc54)c3)ccc21. The lowest BCUT2D eigenvalue weighted by Gasteiger charge is -2.42. The molecule has 9 aromatic carbocycles. The van der Waals surface area contributed by atoms with Crippen molar-refractivity contribution in [1.29, 1.82) is 0 Å². The van der Waals surface area contributed by atoms with Crippen molar-refractivity contribution < 1.29 is 0 Å². The Hall–Kier alpha value is -6.44. The summed E-state index contributed by atoms with van der Waals surface area (Å²) in [5.74, 6) is 0. The summed E-state index contributed by atoms with van der Waals surface area (Å²) in [4.78, 5) is 2.43. The maximum absolute atomic E-state index is 2.43. The molecule has 1 heterocycles. The summed E-state index contributed by atoms with van der Waals surface area (Å²) in [6, 6.07) is 69.3. The van der Waals surface area contributed by atoms with Gasteiger partial charge in [0.1, 0.15) is 0 Å². The van der Waals surface area contributed by atoms with Crippen LogP contribution < -0.4 is 4.90 Å². The third kappa shape index (κ3) is 4.85. The first-order valence-electron chi connectivity index (χ1n) is 18.2. The Kier molecular flexibility index (Phi) is 6.91. The van der Waals surface area contributed by atoms with Gasteiger partial charge in [-0.2, -0.15) is 0 Å². The molecule has 0 aliphatic carbocycles. The molecule has 1 heteroatoms. The quantitative estimate of drug-likeness (QED) is 0.169. The Morgan fingerprint density at radius 1 is 0.346 bits per heavy atom. The first-order chi connectivity index (χ1) is 25.5. The average Bonchev–Trinajstić information content (AvgIpc) is 3.20. The zero-order valence-corrected chi connectivity index (χ0v) is 29.3. The van der Waals surface area contributed by atoms with Crippen LogP contribution in [-0.2, 0) is 5.41 Å². The number of rotatable bonds is 4. The highest BCUT2D eigenvalue weighted by Gasteiger charge is 2.36. The van der Waals surface area contributed by atoms with Crippen LogP contribution in [0.15, 0.2) is 188 Å². The summed E-state index contributed by atoms with van der Waals surface area (Å²) in [7, 11) is 0. The van der Waals surface area contributed by atoms with Crippen LogP contribution >= 0.6 is 0 Å². The van der Waals surface area contributed by atoms with Crippen molar-refractivity contribution in [1.82, 2.24) is 0 Å². The van der Waals surface area contributed by atoms with Crippen molar-refractivity contribution in [2.75, 3.05) is 4.90 Å². The molecule has 52 heavy (non-hydrogen) atoms. The van der Waals surface area contributed by atoms with Gasteiger partial charge in [0.05, 0.1) is 11.4 Å². The van der Waals surface area contributed by atoms with Crippen LogP contribution in [-0.4, -0.2) is 0 Å². The molecule has 1 aliphatic rings. The maximum Gasteiger partial charge on any atom is 0.0508 e. The first-order valence-corrected chi connectivity index (χ1v) is 18.2. The molecule has 0 unspecified atom stereocenters. The fourth-order valence-electron chi connectivity index (χ4n) is 8.51. The molecule has 9 aromatic rings. The summed E-state index contributed by atoms with van der Waals surface area (Å²) < 4.78 is 0. The number of nitrogens with zero attached hydrogens (tertiary/aromatic N) is 1. The van der Waals surface area contributed by atoms with E-state index in [0.717, 1.165) is 0 Å². The predicted octanol–water partition coefficient (Wildman–Crippen LogP) is 14.3. The molecule has 0 N–H and O–H groups in total. The van der Waals surface area contributed by atoms with Gasteiger partial charge in [-0.25, -0.2) is 0 Å². The molecule has 0 saturated heterocycles.